The molecule has 1 unspecified atom stereocenters. The lowest BCUT2D eigenvalue weighted by Crippen LogP contribution is -2.47. The smallest absolute Gasteiger partial charge is 0.159 e. The van der Waals surface area contributed by atoms with Crippen molar-refractivity contribution in [2.75, 3.05) is 26.2 Å². The number of carbonyl (C=O) groups excluding carboxylic acids is 1. The van der Waals surface area contributed by atoms with Crippen molar-refractivity contribution >= 4 is 5.78 Å². The molecule has 0 radical (unpaired) electrons. The summed E-state index contributed by atoms with van der Waals surface area (Å²) in [6, 6.07) is 25.6. The molecule has 0 aromatic heterocycles. The SMILES string of the molecule is CC(=O)c1ccc(C(c2cccc3c2OC(C)(C)C3)N2CCN(Cc3ccccc3)CC2)cc1. The Morgan fingerprint density at radius 1 is 0.912 bits per heavy atom. The molecule has 176 valence electrons. The third-order valence-corrected chi connectivity index (χ3v) is 7.07. The van der Waals surface area contributed by atoms with Crippen LogP contribution in [0.2, 0.25) is 0 Å². The van der Waals surface area contributed by atoms with Crippen molar-refractivity contribution < 1.29 is 9.53 Å². The average molecular weight is 455 g/mol. The van der Waals surface area contributed by atoms with E-state index in [0.29, 0.717) is 0 Å². The standard InChI is InChI=1S/C30H34N2O2/c1-22(33)24-12-14-25(15-13-24)28(27-11-7-10-26-20-30(2,3)34-29(26)27)32-18-16-31(17-19-32)21-23-8-5-4-6-9-23/h4-15,28H,16-21H2,1-3H3. The molecule has 0 aliphatic carbocycles. The van der Waals surface area contributed by atoms with Crippen LogP contribution in [0.15, 0.2) is 72.8 Å². The van der Waals surface area contributed by atoms with E-state index < -0.39 is 0 Å². The van der Waals surface area contributed by atoms with E-state index in [9.17, 15) is 4.79 Å². The van der Waals surface area contributed by atoms with Crippen molar-refractivity contribution in [1.29, 1.82) is 0 Å². The Labute approximate surface area is 203 Å². The molecule has 34 heavy (non-hydrogen) atoms. The highest BCUT2D eigenvalue weighted by Gasteiger charge is 2.36. The fourth-order valence-corrected chi connectivity index (χ4v) is 5.36. The van der Waals surface area contributed by atoms with E-state index >= 15 is 0 Å². The van der Waals surface area contributed by atoms with Crippen LogP contribution in [0.5, 0.6) is 5.75 Å². The second-order valence-electron chi connectivity index (χ2n) is 10.3. The molecule has 0 N–H and O–H groups in total. The molecule has 1 atom stereocenters. The van der Waals surface area contributed by atoms with Gasteiger partial charge in [-0.05, 0) is 37.5 Å². The third-order valence-electron chi connectivity index (χ3n) is 7.07. The molecule has 5 rings (SSSR count). The van der Waals surface area contributed by atoms with E-state index in [4.69, 9.17) is 4.74 Å². The van der Waals surface area contributed by atoms with Gasteiger partial charge in [0.15, 0.2) is 5.78 Å². The molecule has 1 saturated heterocycles. The van der Waals surface area contributed by atoms with Gasteiger partial charge in [-0.3, -0.25) is 14.6 Å². The summed E-state index contributed by atoms with van der Waals surface area (Å²) < 4.78 is 6.49. The molecular weight excluding hydrogens is 420 g/mol. The van der Waals surface area contributed by atoms with E-state index in [1.165, 1.54) is 22.3 Å². The average Bonchev–Trinajstić information content (AvgIpc) is 3.16. The van der Waals surface area contributed by atoms with Gasteiger partial charge in [0.25, 0.3) is 0 Å². The monoisotopic (exact) mass is 454 g/mol. The van der Waals surface area contributed by atoms with Crippen molar-refractivity contribution in [2.24, 2.45) is 0 Å². The number of ketones is 1. The molecule has 2 aliphatic rings. The fourth-order valence-electron chi connectivity index (χ4n) is 5.36. The van der Waals surface area contributed by atoms with Crippen molar-refractivity contribution in [2.45, 2.75) is 45.4 Å². The van der Waals surface area contributed by atoms with Gasteiger partial charge >= 0.3 is 0 Å². The molecule has 0 bridgehead atoms. The van der Waals surface area contributed by atoms with Gasteiger partial charge in [-0.2, -0.15) is 0 Å². The maximum Gasteiger partial charge on any atom is 0.159 e. The lowest BCUT2D eigenvalue weighted by atomic mass is 9.92. The number of hydrogen-bond acceptors (Lipinski definition) is 4. The quantitative estimate of drug-likeness (QED) is 0.460. The highest BCUT2D eigenvalue weighted by Crippen LogP contribution is 2.43. The minimum atomic E-state index is -0.185. The highest BCUT2D eigenvalue weighted by molar-refractivity contribution is 5.94. The molecule has 0 saturated carbocycles. The van der Waals surface area contributed by atoms with Crippen LogP contribution in [0.25, 0.3) is 0 Å². The topological polar surface area (TPSA) is 32.8 Å². The first kappa shape index (κ1) is 22.8. The molecule has 2 aliphatic heterocycles. The predicted molar refractivity (Wildman–Crippen MR) is 136 cm³/mol. The van der Waals surface area contributed by atoms with Crippen LogP contribution in [0.4, 0.5) is 0 Å². The van der Waals surface area contributed by atoms with E-state index in [2.05, 4.69) is 84.3 Å². The van der Waals surface area contributed by atoms with E-state index in [0.717, 1.165) is 50.5 Å². The number of carbonyl (C=O) groups is 1. The molecule has 3 aromatic carbocycles. The number of hydrogen-bond donors (Lipinski definition) is 0. The van der Waals surface area contributed by atoms with Crippen molar-refractivity contribution in [1.82, 2.24) is 9.80 Å². The summed E-state index contributed by atoms with van der Waals surface area (Å²) in [5.74, 6) is 1.14. The van der Waals surface area contributed by atoms with Crippen LogP contribution >= 0.6 is 0 Å². The third kappa shape index (κ3) is 4.79. The number of para-hydroxylation sites is 1. The fraction of sp³-hybridized carbons (Fsp3) is 0.367. The number of nitrogens with zero attached hydrogens (tertiary/aromatic N) is 2. The van der Waals surface area contributed by atoms with Crippen LogP contribution in [0.1, 0.15) is 59.4 Å². The predicted octanol–water partition coefficient (Wildman–Crippen LogP) is 5.51. The Kier molecular flexibility index (Phi) is 6.28. The van der Waals surface area contributed by atoms with Crippen LogP contribution in [0.3, 0.4) is 0 Å². The molecule has 2 heterocycles. The first-order chi connectivity index (χ1) is 16.4. The molecule has 4 nitrogen and oxygen atoms in total. The van der Waals surface area contributed by atoms with Gasteiger partial charge in [0.2, 0.25) is 0 Å². The normalized spacial score (nSPS) is 18.8. The minimum absolute atomic E-state index is 0.100. The Morgan fingerprint density at radius 3 is 2.29 bits per heavy atom. The zero-order valence-electron chi connectivity index (χ0n) is 20.5. The van der Waals surface area contributed by atoms with Gasteiger partial charge in [-0.25, -0.2) is 0 Å². The van der Waals surface area contributed by atoms with Crippen molar-refractivity contribution in [3.63, 3.8) is 0 Å². The number of benzene rings is 3. The summed E-state index contributed by atoms with van der Waals surface area (Å²) in [5.41, 5.74) is 5.67. The summed E-state index contributed by atoms with van der Waals surface area (Å²) in [7, 11) is 0. The Bertz CT molecular complexity index is 1150. The molecule has 0 spiro atoms. The largest absolute Gasteiger partial charge is 0.487 e. The maximum absolute atomic E-state index is 11.9. The van der Waals surface area contributed by atoms with Crippen LogP contribution in [0, 0.1) is 0 Å². The maximum atomic E-state index is 11.9. The molecule has 0 amide bonds. The van der Waals surface area contributed by atoms with Crippen LogP contribution < -0.4 is 4.74 Å². The lowest BCUT2D eigenvalue weighted by Gasteiger charge is -2.40. The summed E-state index contributed by atoms with van der Waals surface area (Å²) >= 11 is 0. The van der Waals surface area contributed by atoms with Gasteiger partial charge in [0.05, 0.1) is 6.04 Å². The van der Waals surface area contributed by atoms with Gasteiger partial charge in [0, 0.05) is 50.3 Å². The zero-order valence-corrected chi connectivity index (χ0v) is 20.5. The van der Waals surface area contributed by atoms with Crippen LogP contribution in [-0.4, -0.2) is 47.4 Å². The zero-order chi connectivity index (χ0) is 23.7. The molecule has 4 heteroatoms. The first-order valence-electron chi connectivity index (χ1n) is 12.3. The van der Waals surface area contributed by atoms with Crippen molar-refractivity contribution in [3.05, 3.63) is 101 Å². The van der Waals surface area contributed by atoms with E-state index in [-0.39, 0.29) is 17.4 Å². The summed E-state index contributed by atoms with van der Waals surface area (Å²) in [6.45, 7) is 11.0. The Hall–Kier alpha value is -2.95. The summed E-state index contributed by atoms with van der Waals surface area (Å²) in [6.07, 6.45) is 0.928. The molecule has 1 fully saturated rings. The number of fused-ring (bicyclic) bond motifs is 1. The minimum Gasteiger partial charge on any atom is -0.487 e. The summed E-state index contributed by atoms with van der Waals surface area (Å²) in [4.78, 5) is 17.0. The van der Waals surface area contributed by atoms with Gasteiger partial charge in [0.1, 0.15) is 11.4 Å². The number of ether oxygens (including phenoxy) is 1. The Morgan fingerprint density at radius 2 is 1.62 bits per heavy atom. The summed E-state index contributed by atoms with van der Waals surface area (Å²) in [5, 5.41) is 0. The van der Waals surface area contributed by atoms with Gasteiger partial charge in [-0.1, -0.05) is 72.8 Å². The second-order valence-corrected chi connectivity index (χ2v) is 10.3. The van der Waals surface area contributed by atoms with Gasteiger partial charge < -0.3 is 4.74 Å². The highest BCUT2D eigenvalue weighted by atomic mass is 16.5. The molecule has 3 aromatic rings. The van der Waals surface area contributed by atoms with E-state index in [1.54, 1.807) is 6.92 Å². The lowest BCUT2D eigenvalue weighted by molar-refractivity contribution is 0.0992. The first-order valence-corrected chi connectivity index (χ1v) is 12.3. The number of piperazine rings is 1. The number of Topliss-reactive ketones (excluding diaryl/α,β-unsaturated/α-hetero) is 1. The molecular formula is C30H34N2O2. The van der Waals surface area contributed by atoms with Crippen LogP contribution in [-0.2, 0) is 13.0 Å². The Balaban J connectivity index is 1.43. The van der Waals surface area contributed by atoms with Gasteiger partial charge in [-0.15, -0.1) is 0 Å². The van der Waals surface area contributed by atoms with E-state index in [1.807, 2.05) is 12.1 Å². The second kappa shape index (κ2) is 9.36. The van der Waals surface area contributed by atoms with Crippen molar-refractivity contribution in [3.8, 4) is 5.75 Å². The number of rotatable bonds is 6.